The molecule has 1 aromatic heterocycles. The molecule has 1 amide bonds. The van der Waals surface area contributed by atoms with E-state index in [9.17, 15) is 9.90 Å². The number of rotatable bonds is 2. The van der Waals surface area contributed by atoms with Crippen molar-refractivity contribution in [1.82, 2.24) is 15.2 Å². The molecular formula is C18H23N3O2. The van der Waals surface area contributed by atoms with Crippen molar-refractivity contribution in [3.05, 3.63) is 35.5 Å². The van der Waals surface area contributed by atoms with Gasteiger partial charge in [-0.05, 0) is 38.4 Å². The van der Waals surface area contributed by atoms with Crippen LogP contribution in [0.5, 0.6) is 0 Å². The van der Waals surface area contributed by atoms with Crippen molar-refractivity contribution in [3.63, 3.8) is 0 Å². The Morgan fingerprint density at radius 3 is 2.91 bits per heavy atom. The highest BCUT2D eigenvalue weighted by Gasteiger charge is 2.46. The van der Waals surface area contributed by atoms with E-state index in [1.54, 1.807) is 6.92 Å². The maximum atomic E-state index is 12.9. The number of carbonyl (C=O) groups is 1. The number of aromatic nitrogens is 1. The Hall–Kier alpha value is -1.85. The minimum Gasteiger partial charge on any atom is -0.393 e. The summed E-state index contributed by atoms with van der Waals surface area (Å²) in [5, 5.41) is 14.6. The van der Waals surface area contributed by atoms with Crippen LogP contribution in [-0.2, 0) is 11.2 Å². The molecule has 5 heteroatoms. The zero-order valence-electron chi connectivity index (χ0n) is 13.5. The van der Waals surface area contributed by atoms with Gasteiger partial charge in [-0.1, -0.05) is 18.2 Å². The zero-order chi connectivity index (χ0) is 16.1. The van der Waals surface area contributed by atoms with Gasteiger partial charge in [-0.25, -0.2) is 0 Å². The van der Waals surface area contributed by atoms with Crippen molar-refractivity contribution >= 4 is 16.8 Å². The van der Waals surface area contributed by atoms with E-state index in [0.717, 1.165) is 24.9 Å². The number of aromatic amines is 1. The first-order valence-electron chi connectivity index (χ1n) is 8.37. The van der Waals surface area contributed by atoms with Gasteiger partial charge in [0.25, 0.3) is 0 Å². The van der Waals surface area contributed by atoms with E-state index in [0.29, 0.717) is 0 Å². The van der Waals surface area contributed by atoms with Crippen LogP contribution in [0.15, 0.2) is 24.3 Å². The number of benzene rings is 1. The SMILES string of the molecule is CN[C@H]1C[C@H]2c3[nH]c4ccccc4c3CCN2C(=O)[C@H]1[C@H](C)O. The predicted molar refractivity (Wildman–Crippen MR) is 89.1 cm³/mol. The molecule has 1 saturated heterocycles. The maximum Gasteiger partial charge on any atom is 0.230 e. The normalized spacial score (nSPS) is 28.6. The molecule has 2 aromatic rings. The Balaban J connectivity index is 1.78. The van der Waals surface area contributed by atoms with Gasteiger partial charge >= 0.3 is 0 Å². The lowest BCUT2D eigenvalue weighted by Gasteiger charge is -2.46. The third-order valence-corrected chi connectivity index (χ3v) is 5.53. The summed E-state index contributed by atoms with van der Waals surface area (Å²) in [6.07, 6.45) is 1.07. The lowest BCUT2D eigenvalue weighted by molar-refractivity contribution is -0.149. The van der Waals surface area contributed by atoms with Crippen molar-refractivity contribution < 1.29 is 9.90 Å². The van der Waals surface area contributed by atoms with Crippen molar-refractivity contribution in [3.8, 4) is 0 Å². The van der Waals surface area contributed by atoms with Gasteiger partial charge in [-0.15, -0.1) is 0 Å². The van der Waals surface area contributed by atoms with Crippen LogP contribution in [0.3, 0.4) is 0 Å². The van der Waals surface area contributed by atoms with E-state index < -0.39 is 6.10 Å². The highest BCUT2D eigenvalue weighted by Crippen LogP contribution is 2.41. The molecule has 2 aliphatic heterocycles. The Morgan fingerprint density at radius 2 is 2.17 bits per heavy atom. The minimum atomic E-state index is -0.634. The van der Waals surface area contributed by atoms with Gasteiger partial charge in [-0.3, -0.25) is 4.79 Å². The first kappa shape index (κ1) is 14.7. The van der Waals surface area contributed by atoms with E-state index in [4.69, 9.17) is 0 Å². The smallest absolute Gasteiger partial charge is 0.230 e. The fourth-order valence-electron chi connectivity index (χ4n) is 4.42. The second-order valence-corrected chi connectivity index (χ2v) is 6.76. The number of carbonyl (C=O) groups excluding carboxylic acids is 1. The number of amides is 1. The molecule has 0 bridgehead atoms. The number of nitrogens with zero attached hydrogens (tertiary/aromatic N) is 1. The Morgan fingerprint density at radius 1 is 1.39 bits per heavy atom. The molecule has 1 fully saturated rings. The van der Waals surface area contributed by atoms with E-state index in [-0.39, 0.29) is 23.9 Å². The van der Waals surface area contributed by atoms with Crippen LogP contribution in [0.25, 0.3) is 10.9 Å². The average Bonchev–Trinajstić information content (AvgIpc) is 2.93. The van der Waals surface area contributed by atoms with Crippen molar-refractivity contribution in [2.75, 3.05) is 13.6 Å². The molecule has 0 saturated carbocycles. The molecule has 4 rings (SSSR count). The first-order chi connectivity index (χ1) is 11.1. The van der Waals surface area contributed by atoms with Gasteiger partial charge in [0.05, 0.1) is 18.1 Å². The minimum absolute atomic E-state index is 0.00103. The molecule has 1 aromatic carbocycles. The molecule has 23 heavy (non-hydrogen) atoms. The van der Waals surface area contributed by atoms with Gasteiger partial charge in [0.2, 0.25) is 5.91 Å². The number of fused-ring (bicyclic) bond motifs is 5. The fourth-order valence-corrected chi connectivity index (χ4v) is 4.42. The number of aliphatic hydroxyl groups is 1. The molecule has 0 unspecified atom stereocenters. The molecule has 3 heterocycles. The quantitative estimate of drug-likeness (QED) is 0.788. The monoisotopic (exact) mass is 313 g/mol. The highest BCUT2D eigenvalue weighted by atomic mass is 16.3. The van der Waals surface area contributed by atoms with Crippen molar-refractivity contribution in [1.29, 1.82) is 0 Å². The maximum absolute atomic E-state index is 12.9. The van der Waals surface area contributed by atoms with Crippen LogP contribution in [0.2, 0.25) is 0 Å². The second kappa shape index (κ2) is 5.35. The molecule has 0 aliphatic carbocycles. The zero-order valence-corrected chi connectivity index (χ0v) is 13.5. The fraction of sp³-hybridized carbons (Fsp3) is 0.500. The standard InChI is InChI=1S/C18H23N3O2/c1-10(22)16-14(19-2)9-15-17-12(7-8-21(15)18(16)23)11-5-3-4-6-13(11)20-17/h3-6,10,14-16,19-20,22H,7-9H2,1-2H3/t10-,14-,15-,16-/m0/s1. The van der Waals surface area contributed by atoms with Crippen molar-refractivity contribution in [2.45, 2.75) is 38.0 Å². The summed E-state index contributed by atoms with van der Waals surface area (Å²) < 4.78 is 0. The predicted octanol–water partition coefficient (Wildman–Crippen LogP) is 1.58. The number of hydrogen-bond acceptors (Lipinski definition) is 3. The summed E-state index contributed by atoms with van der Waals surface area (Å²) in [7, 11) is 1.87. The Kier molecular flexibility index (Phi) is 3.43. The van der Waals surface area contributed by atoms with Gasteiger partial charge in [0, 0.05) is 29.2 Å². The first-order valence-corrected chi connectivity index (χ1v) is 8.37. The van der Waals surface area contributed by atoms with Crippen LogP contribution < -0.4 is 5.32 Å². The largest absolute Gasteiger partial charge is 0.393 e. The molecule has 5 nitrogen and oxygen atoms in total. The molecular weight excluding hydrogens is 290 g/mol. The third kappa shape index (κ3) is 2.11. The highest BCUT2D eigenvalue weighted by molar-refractivity contribution is 5.87. The molecule has 122 valence electrons. The number of H-pyrrole nitrogens is 1. The average molecular weight is 313 g/mol. The Labute approximate surface area is 135 Å². The van der Waals surface area contributed by atoms with E-state index >= 15 is 0 Å². The lowest BCUT2D eigenvalue weighted by atomic mass is 9.80. The number of hydrogen-bond donors (Lipinski definition) is 3. The number of para-hydroxylation sites is 1. The summed E-state index contributed by atoms with van der Waals surface area (Å²) in [5.41, 5.74) is 3.67. The molecule has 0 spiro atoms. The van der Waals surface area contributed by atoms with Crippen LogP contribution >= 0.6 is 0 Å². The van der Waals surface area contributed by atoms with Crippen molar-refractivity contribution in [2.24, 2.45) is 5.92 Å². The topological polar surface area (TPSA) is 68.4 Å². The summed E-state index contributed by atoms with van der Waals surface area (Å²) in [6.45, 7) is 2.45. The van der Waals surface area contributed by atoms with Gasteiger partial charge < -0.3 is 20.3 Å². The van der Waals surface area contributed by atoms with E-state index in [2.05, 4.69) is 28.5 Å². The molecule has 3 N–H and O–H groups in total. The van der Waals surface area contributed by atoms with Crippen LogP contribution in [0.1, 0.15) is 30.6 Å². The number of aliphatic hydroxyl groups excluding tert-OH is 1. The summed E-state index contributed by atoms with van der Waals surface area (Å²) in [6, 6.07) is 8.42. The van der Waals surface area contributed by atoms with Crippen LogP contribution in [0.4, 0.5) is 0 Å². The van der Waals surface area contributed by atoms with Crippen LogP contribution in [-0.4, -0.2) is 46.6 Å². The second-order valence-electron chi connectivity index (χ2n) is 6.76. The van der Waals surface area contributed by atoms with Crippen LogP contribution in [0, 0.1) is 5.92 Å². The summed E-state index contributed by atoms with van der Waals surface area (Å²) >= 11 is 0. The van der Waals surface area contributed by atoms with Gasteiger partial charge in [0.1, 0.15) is 0 Å². The lowest BCUT2D eigenvalue weighted by Crippen LogP contribution is -2.58. The third-order valence-electron chi connectivity index (χ3n) is 5.53. The Bertz CT molecular complexity index is 752. The molecule has 0 radical (unpaired) electrons. The molecule has 4 atom stereocenters. The molecule has 2 aliphatic rings. The van der Waals surface area contributed by atoms with E-state index in [1.165, 1.54) is 16.6 Å². The van der Waals surface area contributed by atoms with Gasteiger partial charge in [0.15, 0.2) is 0 Å². The number of nitrogens with one attached hydrogen (secondary N) is 2. The summed E-state index contributed by atoms with van der Waals surface area (Å²) in [5.74, 6) is -0.290. The van der Waals surface area contributed by atoms with E-state index in [1.807, 2.05) is 18.0 Å². The number of piperidine rings is 1. The van der Waals surface area contributed by atoms with Gasteiger partial charge in [-0.2, -0.15) is 0 Å². The summed E-state index contributed by atoms with van der Waals surface area (Å²) in [4.78, 5) is 18.4.